The zero-order chi connectivity index (χ0) is 13.1. The molecule has 0 saturated carbocycles. The Morgan fingerprint density at radius 1 is 1.61 bits per heavy atom. The maximum absolute atomic E-state index is 11.0. The lowest BCUT2D eigenvalue weighted by Crippen LogP contribution is -2.27. The predicted octanol–water partition coefficient (Wildman–Crippen LogP) is 2.85. The minimum absolute atomic E-state index is 0.105. The van der Waals surface area contributed by atoms with Gasteiger partial charge in [-0.3, -0.25) is 15.0 Å². The molecular formula is C12H12BrN3O2. The summed E-state index contributed by atoms with van der Waals surface area (Å²) in [6.07, 6.45) is 1.82. The van der Waals surface area contributed by atoms with Crippen LogP contribution in [0.5, 0.6) is 0 Å². The Hall–Kier alpha value is -1.45. The fourth-order valence-corrected chi connectivity index (χ4v) is 2.57. The number of nitro benzene ring substituents is 1. The van der Waals surface area contributed by atoms with Gasteiger partial charge < -0.3 is 0 Å². The van der Waals surface area contributed by atoms with Crippen molar-refractivity contribution in [1.29, 1.82) is 5.26 Å². The summed E-state index contributed by atoms with van der Waals surface area (Å²) in [7, 11) is 0. The van der Waals surface area contributed by atoms with Crippen LogP contribution in [0.4, 0.5) is 5.69 Å². The molecule has 0 bridgehead atoms. The van der Waals surface area contributed by atoms with E-state index in [4.69, 9.17) is 5.26 Å². The average Bonchev–Trinajstić information content (AvgIpc) is 2.78. The normalized spacial score (nSPS) is 19.7. The molecule has 0 aromatic heterocycles. The summed E-state index contributed by atoms with van der Waals surface area (Å²) in [6.45, 7) is 1.28. The van der Waals surface area contributed by atoms with E-state index in [1.165, 1.54) is 6.07 Å². The quantitative estimate of drug-likeness (QED) is 0.636. The molecule has 1 aromatic carbocycles. The average molecular weight is 310 g/mol. The summed E-state index contributed by atoms with van der Waals surface area (Å²) in [5.41, 5.74) is 0.762. The van der Waals surface area contributed by atoms with E-state index in [0.717, 1.165) is 19.4 Å². The van der Waals surface area contributed by atoms with Crippen LogP contribution in [0.1, 0.15) is 18.4 Å². The first-order chi connectivity index (χ1) is 8.61. The van der Waals surface area contributed by atoms with E-state index in [-0.39, 0.29) is 16.7 Å². The first-order valence-electron chi connectivity index (χ1n) is 5.68. The lowest BCUT2D eigenvalue weighted by atomic mass is 10.1. The third-order valence-electron chi connectivity index (χ3n) is 3.13. The number of nitro groups is 1. The van der Waals surface area contributed by atoms with Gasteiger partial charge in [0, 0.05) is 22.6 Å². The molecule has 5 nitrogen and oxygen atoms in total. The van der Waals surface area contributed by atoms with Gasteiger partial charge in [-0.2, -0.15) is 5.26 Å². The monoisotopic (exact) mass is 309 g/mol. The lowest BCUT2D eigenvalue weighted by molar-refractivity contribution is -0.385. The molecule has 6 heteroatoms. The van der Waals surface area contributed by atoms with E-state index in [2.05, 4.69) is 22.0 Å². The van der Waals surface area contributed by atoms with Crippen molar-refractivity contribution >= 4 is 21.6 Å². The summed E-state index contributed by atoms with van der Waals surface area (Å²) in [5.74, 6) is 0. The number of hydrogen-bond donors (Lipinski definition) is 0. The molecule has 0 radical (unpaired) electrons. The largest absolute Gasteiger partial charge is 0.283 e. The smallest absolute Gasteiger partial charge is 0.275 e. The molecule has 0 spiro atoms. The standard InChI is InChI=1S/C12H12BrN3O2/c13-10-4-3-9(12(6-10)16(17)18)8-15-5-1-2-11(15)7-14/h3-4,6,11H,1-2,5,8H2. The Bertz CT molecular complexity index is 513. The van der Waals surface area contributed by atoms with Crippen molar-refractivity contribution in [2.75, 3.05) is 6.54 Å². The van der Waals surface area contributed by atoms with Crippen molar-refractivity contribution in [1.82, 2.24) is 4.90 Å². The zero-order valence-electron chi connectivity index (χ0n) is 9.67. The number of benzene rings is 1. The fourth-order valence-electron chi connectivity index (χ4n) is 2.22. The van der Waals surface area contributed by atoms with Crippen LogP contribution in [0, 0.1) is 21.4 Å². The first-order valence-corrected chi connectivity index (χ1v) is 6.47. The summed E-state index contributed by atoms with van der Waals surface area (Å²) in [6, 6.07) is 7.17. The number of nitriles is 1. The van der Waals surface area contributed by atoms with Crippen molar-refractivity contribution in [3.05, 3.63) is 38.3 Å². The highest BCUT2D eigenvalue weighted by Gasteiger charge is 2.26. The summed E-state index contributed by atoms with van der Waals surface area (Å²) >= 11 is 3.23. The van der Waals surface area contributed by atoms with Gasteiger partial charge in [0.1, 0.15) is 0 Å². The molecule has 1 saturated heterocycles. The van der Waals surface area contributed by atoms with Gasteiger partial charge in [-0.1, -0.05) is 15.9 Å². The number of nitrogens with zero attached hydrogens (tertiary/aromatic N) is 3. The molecule has 0 N–H and O–H groups in total. The van der Waals surface area contributed by atoms with Crippen LogP contribution in [0.25, 0.3) is 0 Å². The predicted molar refractivity (Wildman–Crippen MR) is 69.8 cm³/mol. The van der Waals surface area contributed by atoms with E-state index in [0.29, 0.717) is 16.6 Å². The van der Waals surface area contributed by atoms with Gasteiger partial charge in [-0.15, -0.1) is 0 Å². The van der Waals surface area contributed by atoms with Crippen LogP contribution in [0.15, 0.2) is 22.7 Å². The maximum atomic E-state index is 11.0. The topological polar surface area (TPSA) is 70.2 Å². The molecule has 1 fully saturated rings. The fraction of sp³-hybridized carbons (Fsp3) is 0.417. The SMILES string of the molecule is N#CC1CCCN1Cc1ccc(Br)cc1[N+](=O)[O-]. The Morgan fingerprint density at radius 2 is 2.39 bits per heavy atom. The van der Waals surface area contributed by atoms with Crippen LogP contribution in [-0.4, -0.2) is 22.4 Å². The van der Waals surface area contributed by atoms with Gasteiger partial charge >= 0.3 is 0 Å². The number of rotatable bonds is 3. The highest BCUT2D eigenvalue weighted by Crippen LogP contribution is 2.27. The molecular weight excluding hydrogens is 298 g/mol. The van der Waals surface area contributed by atoms with E-state index >= 15 is 0 Å². The number of halogens is 1. The van der Waals surface area contributed by atoms with Crippen molar-refractivity contribution < 1.29 is 4.92 Å². The van der Waals surface area contributed by atoms with Crippen molar-refractivity contribution in [2.45, 2.75) is 25.4 Å². The maximum Gasteiger partial charge on any atom is 0.275 e. The van der Waals surface area contributed by atoms with Gasteiger partial charge in [0.2, 0.25) is 0 Å². The molecule has 1 aromatic rings. The molecule has 0 aliphatic carbocycles. The van der Waals surface area contributed by atoms with E-state index in [9.17, 15) is 10.1 Å². The zero-order valence-corrected chi connectivity index (χ0v) is 11.3. The van der Waals surface area contributed by atoms with Crippen LogP contribution in [-0.2, 0) is 6.54 Å². The molecule has 94 valence electrons. The van der Waals surface area contributed by atoms with E-state index in [1.54, 1.807) is 12.1 Å². The molecule has 1 aliphatic heterocycles. The second-order valence-corrected chi connectivity index (χ2v) is 5.20. The van der Waals surface area contributed by atoms with Gasteiger partial charge in [0.25, 0.3) is 5.69 Å². The Balaban J connectivity index is 2.24. The van der Waals surface area contributed by atoms with Gasteiger partial charge in [-0.25, -0.2) is 0 Å². The number of hydrogen-bond acceptors (Lipinski definition) is 4. The molecule has 18 heavy (non-hydrogen) atoms. The highest BCUT2D eigenvalue weighted by atomic mass is 79.9. The van der Waals surface area contributed by atoms with Crippen molar-refractivity contribution in [3.63, 3.8) is 0 Å². The minimum Gasteiger partial charge on any atom is -0.283 e. The van der Waals surface area contributed by atoms with Crippen molar-refractivity contribution in [2.24, 2.45) is 0 Å². The summed E-state index contributed by atoms with van der Waals surface area (Å²) < 4.78 is 0.691. The second-order valence-electron chi connectivity index (χ2n) is 4.29. The second kappa shape index (κ2) is 5.46. The summed E-state index contributed by atoms with van der Waals surface area (Å²) in [5, 5.41) is 20.0. The van der Waals surface area contributed by atoms with E-state index in [1.807, 2.05) is 4.90 Å². The highest BCUT2D eigenvalue weighted by molar-refractivity contribution is 9.10. The summed E-state index contributed by atoms with van der Waals surface area (Å²) in [4.78, 5) is 12.6. The molecule has 1 heterocycles. The molecule has 1 unspecified atom stereocenters. The Labute approximate surface area is 113 Å². The molecule has 1 aliphatic rings. The lowest BCUT2D eigenvalue weighted by Gasteiger charge is -2.18. The van der Waals surface area contributed by atoms with Gasteiger partial charge in [-0.05, 0) is 31.5 Å². The third-order valence-corrected chi connectivity index (χ3v) is 3.62. The molecule has 1 atom stereocenters. The third kappa shape index (κ3) is 2.68. The van der Waals surface area contributed by atoms with Crippen LogP contribution < -0.4 is 0 Å². The van der Waals surface area contributed by atoms with Crippen LogP contribution >= 0.6 is 15.9 Å². The number of likely N-dealkylation sites (tertiary alicyclic amines) is 1. The molecule has 0 amide bonds. The Kier molecular flexibility index (Phi) is 3.94. The van der Waals surface area contributed by atoms with Crippen LogP contribution in [0.3, 0.4) is 0 Å². The van der Waals surface area contributed by atoms with Crippen LogP contribution in [0.2, 0.25) is 0 Å². The molecule has 2 rings (SSSR count). The van der Waals surface area contributed by atoms with Gasteiger partial charge in [0.15, 0.2) is 0 Å². The first kappa shape index (κ1) is 13.0. The van der Waals surface area contributed by atoms with Gasteiger partial charge in [0.05, 0.1) is 17.0 Å². The van der Waals surface area contributed by atoms with Crippen molar-refractivity contribution in [3.8, 4) is 6.07 Å². The minimum atomic E-state index is -0.377. The Morgan fingerprint density at radius 3 is 3.06 bits per heavy atom. The van der Waals surface area contributed by atoms with E-state index < -0.39 is 0 Å².